The SMILES string of the molecule is CCc1ccc(C(=O)Cc2cc(C)cc(C)c2)o1. The highest BCUT2D eigenvalue weighted by Crippen LogP contribution is 2.14. The topological polar surface area (TPSA) is 30.2 Å². The maximum atomic E-state index is 12.1. The molecular formula is C16H18O2. The molecule has 1 aromatic carbocycles. The van der Waals surface area contributed by atoms with Crippen LogP contribution in [0.1, 0.15) is 39.9 Å². The molecule has 0 amide bonds. The van der Waals surface area contributed by atoms with Crippen molar-refractivity contribution in [3.05, 3.63) is 58.5 Å². The molecule has 0 atom stereocenters. The van der Waals surface area contributed by atoms with E-state index in [9.17, 15) is 4.79 Å². The molecule has 2 aromatic rings. The summed E-state index contributed by atoms with van der Waals surface area (Å²) in [6.07, 6.45) is 1.22. The van der Waals surface area contributed by atoms with Gasteiger partial charge in [0.2, 0.25) is 5.78 Å². The van der Waals surface area contributed by atoms with Crippen LogP contribution >= 0.6 is 0 Å². The number of rotatable bonds is 4. The lowest BCUT2D eigenvalue weighted by Gasteiger charge is -2.03. The number of furan rings is 1. The third kappa shape index (κ3) is 2.89. The molecule has 2 nitrogen and oxygen atoms in total. The molecule has 1 aromatic heterocycles. The van der Waals surface area contributed by atoms with Gasteiger partial charge in [0.1, 0.15) is 5.76 Å². The molecule has 0 aliphatic carbocycles. The summed E-state index contributed by atoms with van der Waals surface area (Å²) >= 11 is 0. The molecule has 18 heavy (non-hydrogen) atoms. The summed E-state index contributed by atoms with van der Waals surface area (Å²) in [5, 5.41) is 0. The largest absolute Gasteiger partial charge is 0.458 e. The van der Waals surface area contributed by atoms with E-state index in [1.807, 2.05) is 26.8 Å². The zero-order valence-electron chi connectivity index (χ0n) is 11.1. The third-order valence-corrected chi connectivity index (χ3v) is 2.93. The van der Waals surface area contributed by atoms with Crippen LogP contribution in [0, 0.1) is 13.8 Å². The quantitative estimate of drug-likeness (QED) is 0.761. The van der Waals surface area contributed by atoms with E-state index < -0.39 is 0 Å². The molecular weight excluding hydrogens is 224 g/mol. The number of benzene rings is 1. The number of hydrogen-bond acceptors (Lipinski definition) is 2. The van der Waals surface area contributed by atoms with E-state index in [2.05, 4.69) is 18.2 Å². The van der Waals surface area contributed by atoms with E-state index in [-0.39, 0.29) is 5.78 Å². The van der Waals surface area contributed by atoms with Crippen LogP contribution < -0.4 is 0 Å². The lowest BCUT2D eigenvalue weighted by Crippen LogP contribution is -2.02. The maximum absolute atomic E-state index is 12.1. The summed E-state index contributed by atoms with van der Waals surface area (Å²) in [6.45, 7) is 6.10. The Morgan fingerprint density at radius 2 is 1.78 bits per heavy atom. The first-order valence-corrected chi connectivity index (χ1v) is 6.27. The van der Waals surface area contributed by atoms with Gasteiger partial charge in [0.15, 0.2) is 5.76 Å². The minimum Gasteiger partial charge on any atom is -0.458 e. The predicted molar refractivity (Wildman–Crippen MR) is 72.0 cm³/mol. The standard InChI is InChI=1S/C16H18O2/c1-4-14-5-6-16(18-14)15(17)10-13-8-11(2)7-12(3)9-13/h5-9H,4,10H2,1-3H3. The minimum absolute atomic E-state index is 0.0414. The van der Waals surface area contributed by atoms with Crippen molar-refractivity contribution in [2.75, 3.05) is 0 Å². The highest BCUT2D eigenvalue weighted by atomic mass is 16.3. The first-order chi connectivity index (χ1) is 8.58. The molecule has 2 rings (SSSR count). The molecule has 0 bridgehead atoms. The average molecular weight is 242 g/mol. The zero-order valence-corrected chi connectivity index (χ0v) is 11.1. The van der Waals surface area contributed by atoms with Crippen molar-refractivity contribution in [3.8, 4) is 0 Å². The first kappa shape index (κ1) is 12.6. The van der Waals surface area contributed by atoms with Crippen LogP contribution in [0.4, 0.5) is 0 Å². The van der Waals surface area contributed by atoms with Gasteiger partial charge >= 0.3 is 0 Å². The Bertz CT molecular complexity index is 544. The maximum Gasteiger partial charge on any atom is 0.202 e. The van der Waals surface area contributed by atoms with Crippen LogP contribution in [0.5, 0.6) is 0 Å². The van der Waals surface area contributed by atoms with E-state index in [0.717, 1.165) is 17.7 Å². The predicted octanol–water partition coefficient (Wildman–Crippen LogP) is 3.88. The Morgan fingerprint density at radius 1 is 1.11 bits per heavy atom. The Balaban J connectivity index is 2.15. The van der Waals surface area contributed by atoms with Crippen molar-refractivity contribution in [1.29, 1.82) is 0 Å². The Kier molecular flexibility index (Phi) is 3.66. The molecule has 0 radical (unpaired) electrons. The number of hydrogen-bond donors (Lipinski definition) is 0. The zero-order chi connectivity index (χ0) is 13.1. The summed E-state index contributed by atoms with van der Waals surface area (Å²) in [4.78, 5) is 12.1. The first-order valence-electron chi connectivity index (χ1n) is 6.27. The summed E-state index contributed by atoms with van der Waals surface area (Å²) in [5.74, 6) is 1.37. The average Bonchev–Trinajstić information content (AvgIpc) is 2.75. The molecule has 1 heterocycles. The second-order valence-electron chi connectivity index (χ2n) is 4.72. The summed E-state index contributed by atoms with van der Waals surface area (Å²) < 4.78 is 5.48. The molecule has 0 spiro atoms. The van der Waals surface area contributed by atoms with E-state index in [1.54, 1.807) is 6.07 Å². The second kappa shape index (κ2) is 5.21. The van der Waals surface area contributed by atoms with E-state index in [1.165, 1.54) is 11.1 Å². The molecule has 2 heteroatoms. The van der Waals surface area contributed by atoms with Gasteiger partial charge in [-0.2, -0.15) is 0 Å². The molecule has 0 aliphatic heterocycles. The van der Waals surface area contributed by atoms with E-state index in [0.29, 0.717) is 12.2 Å². The Hall–Kier alpha value is -1.83. The molecule has 94 valence electrons. The normalized spacial score (nSPS) is 10.6. The smallest absolute Gasteiger partial charge is 0.202 e. The minimum atomic E-state index is 0.0414. The highest BCUT2D eigenvalue weighted by molar-refractivity contribution is 5.95. The van der Waals surface area contributed by atoms with Gasteiger partial charge in [-0.1, -0.05) is 36.2 Å². The lowest BCUT2D eigenvalue weighted by atomic mass is 10.0. The molecule has 0 N–H and O–H groups in total. The van der Waals surface area contributed by atoms with Crippen molar-refractivity contribution in [2.24, 2.45) is 0 Å². The van der Waals surface area contributed by atoms with Gasteiger partial charge in [-0.05, 0) is 31.5 Å². The molecule has 0 saturated carbocycles. The van der Waals surface area contributed by atoms with Crippen molar-refractivity contribution in [2.45, 2.75) is 33.6 Å². The fourth-order valence-electron chi connectivity index (χ4n) is 2.16. The number of carbonyl (C=O) groups is 1. The van der Waals surface area contributed by atoms with Gasteiger partial charge in [0.05, 0.1) is 0 Å². The van der Waals surface area contributed by atoms with Crippen molar-refractivity contribution < 1.29 is 9.21 Å². The Labute approximate surface area is 108 Å². The highest BCUT2D eigenvalue weighted by Gasteiger charge is 2.11. The number of Topliss-reactive ketones (excluding diaryl/α,β-unsaturated/α-hetero) is 1. The monoisotopic (exact) mass is 242 g/mol. The van der Waals surface area contributed by atoms with Crippen molar-refractivity contribution in [1.82, 2.24) is 0 Å². The van der Waals surface area contributed by atoms with E-state index >= 15 is 0 Å². The summed E-state index contributed by atoms with van der Waals surface area (Å²) in [6, 6.07) is 9.84. The molecule has 0 fully saturated rings. The third-order valence-electron chi connectivity index (χ3n) is 2.93. The van der Waals surface area contributed by atoms with Crippen LogP contribution in [-0.4, -0.2) is 5.78 Å². The van der Waals surface area contributed by atoms with Crippen molar-refractivity contribution >= 4 is 5.78 Å². The van der Waals surface area contributed by atoms with Gasteiger partial charge in [-0.25, -0.2) is 0 Å². The van der Waals surface area contributed by atoms with Gasteiger partial charge in [-0.3, -0.25) is 4.79 Å². The number of carbonyl (C=O) groups excluding carboxylic acids is 1. The van der Waals surface area contributed by atoms with Crippen LogP contribution in [0.2, 0.25) is 0 Å². The molecule has 0 unspecified atom stereocenters. The fraction of sp³-hybridized carbons (Fsp3) is 0.312. The molecule has 0 saturated heterocycles. The van der Waals surface area contributed by atoms with Crippen LogP contribution in [-0.2, 0) is 12.8 Å². The van der Waals surface area contributed by atoms with Gasteiger partial charge in [0, 0.05) is 12.8 Å². The summed E-state index contributed by atoms with van der Waals surface area (Å²) in [7, 11) is 0. The van der Waals surface area contributed by atoms with E-state index in [4.69, 9.17) is 4.42 Å². The van der Waals surface area contributed by atoms with Gasteiger partial charge < -0.3 is 4.42 Å². The van der Waals surface area contributed by atoms with Crippen LogP contribution in [0.3, 0.4) is 0 Å². The van der Waals surface area contributed by atoms with Crippen molar-refractivity contribution in [3.63, 3.8) is 0 Å². The van der Waals surface area contributed by atoms with Gasteiger partial charge in [-0.15, -0.1) is 0 Å². The van der Waals surface area contributed by atoms with Crippen LogP contribution in [0.15, 0.2) is 34.7 Å². The number of ketones is 1. The van der Waals surface area contributed by atoms with Gasteiger partial charge in [0.25, 0.3) is 0 Å². The Morgan fingerprint density at radius 3 is 2.33 bits per heavy atom. The molecule has 0 aliphatic rings. The summed E-state index contributed by atoms with van der Waals surface area (Å²) in [5.41, 5.74) is 3.42. The van der Waals surface area contributed by atoms with Crippen LogP contribution in [0.25, 0.3) is 0 Å². The second-order valence-corrected chi connectivity index (χ2v) is 4.72. The fourth-order valence-corrected chi connectivity index (χ4v) is 2.16. The number of aryl methyl sites for hydroxylation is 3. The lowest BCUT2D eigenvalue weighted by molar-refractivity contribution is 0.0965.